The monoisotopic (exact) mass is 355 g/mol. The van der Waals surface area contributed by atoms with E-state index in [2.05, 4.69) is 15.6 Å². The van der Waals surface area contributed by atoms with Crippen LogP contribution in [-0.4, -0.2) is 33.9 Å². The maximum Gasteiger partial charge on any atom is 0.337 e. The normalized spacial score (nSPS) is 10.5. The molecule has 7 nitrogen and oxygen atoms in total. The van der Waals surface area contributed by atoms with Crippen molar-refractivity contribution >= 4 is 23.5 Å². The maximum atomic E-state index is 12.4. The van der Waals surface area contributed by atoms with Crippen LogP contribution in [0.2, 0.25) is 0 Å². The van der Waals surface area contributed by atoms with Crippen molar-refractivity contribution in [1.29, 1.82) is 0 Å². The van der Waals surface area contributed by atoms with Crippen molar-refractivity contribution in [2.24, 2.45) is 0 Å². The molecule has 0 saturated carbocycles. The molecule has 1 aromatic carbocycles. The minimum atomic E-state index is -1.10. The number of aromatic carboxylic acids is 1. The van der Waals surface area contributed by atoms with Gasteiger partial charge in [0.05, 0.1) is 11.3 Å². The number of carbonyl (C=O) groups excluding carboxylic acids is 2. The average Bonchev–Trinajstić information content (AvgIpc) is 2.55. The highest BCUT2D eigenvalue weighted by atomic mass is 16.4. The average molecular weight is 355 g/mol. The molecule has 7 heteroatoms. The van der Waals surface area contributed by atoms with Gasteiger partial charge < -0.3 is 15.7 Å². The van der Waals surface area contributed by atoms with Gasteiger partial charge in [-0.25, -0.2) is 9.78 Å². The summed E-state index contributed by atoms with van der Waals surface area (Å²) in [4.78, 5) is 39.7. The molecule has 1 heterocycles. The number of rotatable bonds is 5. The summed E-state index contributed by atoms with van der Waals surface area (Å²) >= 11 is 0. The molecule has 2 rings (SSSR count). The van der Waals surface area contributed by atoms with Gasteiger partial charge in [0.1, 0.15) is 5.69 Å². The van der Waals surface area contributed by atoms with E-state index in [0.717, 1.165) is 5.56 Å². The van der Waals surface area contributed by atoms with E-state index in [-0.39, 0.29) is 28.9 Å². The Morgan fingerprint density at radius 2 is 1.69 bits per heavy atom. The number of amides is 2. The first-order chi connectivity index (χ1) is 12.2. The molecule has 0 atom stereocenters. The van der Waals surface area contributed by atoms with Gasteiger partial charge in [-0.2, -0.15) is 0 Å². The van der Waals surface area contributed by atoms with Gasteiger partial charge in [-0.15, -0.1) is 0 Å². The molecule has 0 aliphatic heterocycles. The van der Waals surface area contributed by atoms with E-state index in [4.69, 9.17) is 5.11 Å². The Balaban J connectivity index is 2.23. The van der Waals surface area contributed by atoms with Gasteiger partial charge in [0.25, 0.3) is 11.8 Å². The molecule has 3 N–H and O–H groups in total. The molecule has 1 aromatic heterocycles. The van der Waals surface area contributed by atoms with E-state index >= 15 is 0 Å². The number of carbonyl (C=O) groups is 3. The Morgan fingerprint density at radius 1 is 1.00 bits per heavy atom. The molecule has 136 valence electrons. The third kappa shape index (κ3) is 4.44. The molecular formula is C19H21N3O4. The molecule has 0 bridgehead atoms. The molecule has 26 heavy (non-hydrogen) atoms. The van der Waals surface area contributed by atoms with Crippen molar-refractivity contribution in [2.45, 2.75) is 33.7 Å². The summed E-state index contributed by atoms with van der Waals surface area (Å²) in [6.45, 7) is 7.08. The number of carboxylic acids is 1. The Hall–Kier alpha value is -3.22. The number of hydrogen-bond donors (Lipinski definition) is 3. The minimum absolute atomic E-state index is 0.0000669. The number of hydrogen-bond acceptors (Lipinski definition) is 4. The van der Waals surface area contributed by atoms with Gasteiger partial charge in [0.2, 0.25) is 0 Å². The highest BCUT2D eigenvalue weighted by Crippen LogP contribution is 2.17. The fourth-order valence-electron chi connectivity index (χ4n) is 2.39. The summed E-state index contributed by atoms with van der Waals surface area (Å²) in [7, 11) is 0. The van der Waals surface area contributed by atoms with Crippen LogP contribution in [0.5, 0.6) is 0 Å². The predicted octanol–water partition coefficient (Wildman–Crippen LogP) is 2.79. The van der Waals surface area contributed by atoms with Crippen LogP contribution in [0.4, 0.5) is 5.69 Å². The lowest BCUT2D eigenvalue weighted by Crippen LogP contribution is -2.30. The smallest absolute Gasteiger partial charge is 0.337 e. The molecule has 2 amide bonds. The molecule has 0 aliphatic rings. The zero-order valence-electron chi connectivity index (χ0n) is 15.1. The Kier molecular flexibility index (Phi) is 5.71. The van der Waals surface area contributed by atoms with E-state index in [0.29, 0.717) is 11.3 Å². The topological polar surface area (TPSA) is 108 Å². The maximum absolute atomic E-state index is 12.4. The number of anilines is 1. The first kappa shape index (κ1) is 19.1. The molecule has 2 aromatic rings. The largest absolute Gasteiger partial charge is 0.478 e. The summed E-state index contributed by atoms with van der Waals surface area (Å²) in [5.74, 6) is -1.79. The van der Waals surface area contributed by atoms with Crippen molar-refractivity contribution < 1.29 is 19.5 Å². The summed E-state index contributed by atoms with van der Waals surface area (Å²) in [6.07, 6.45) is 0. The van der Waals surface area contributed by atoms with E-state index < -0.39 is 11.9 Å². The Morgan fingerprint density at radius 3 is 2.27 bits per heavy atom. The summed E-state index contributed by atoms with van der Waals surface area (Å²) in [6, 6.07) is 7.74. The zero-order valence-corrected chi connectivity index (χ0v) is 15.1. The van der Waals surface area contributed by atoms with Crippen molar-refractivity contribution in [3.05, 3.63) is 58.4 Å². The molecule has 0 aliphatic carbocycles. The first-order valence-corrected chi connectivity index (χ1v) is 8.13. The van der Waals surface area contributed by atoms with Crippen LogP contribution in [0.3, 0.4) is 0 Å². The summed E-state index contributed by atoms with van der Waals surface area (Å²) in [5, 5.41) is 14.5. The van der Waals surface area contributed by atoms with Crippen molar-refractivity contribution in [2.75, 3.05) is 5.32 Å². The number of pyridine rings is 1. The van der Waals surface area contributed by atoms with E-state index in [9.17, 15) is 14.4 Å². The van der Waals surface area contributed by atoms with Crippen LogP contribution in [0.25, 0.3) is 0 Å². The van der Waals surface area contributed by atoms with E-state index in [1.807, 2.05) is 20.8 Å². The highest BCUT2D eigenvalue weighted by Gasteiger charge is 2.15. The van der Waals surface area contributed by atoms with Crippen LogP contribution >= 0.6 is 0 Å². The molecule has 0 unspecified atom stereocenters. The quantitative estimate of drug-likeness (QED) is 0.764. The lowest BCUT2D eigenvalue weighted by atomic mass is 10.1. The number of nitrogens with one attached hydrogen (secondary N) is 2. The van der Waals surface area contributed by atoms with E-state index in [1.165, 1.54) is 19.1 Å². The standard InChI is InChI=1S/C19H21N3O4/c1-10(2)20-17(23)15-9-13(6-5-11(15)3)22-18(24)16-8-7-14(19(25)26)12(4)21-16/h5-10H,1-4H3,(H,20,23)(H,22,24)(H,25,26). The van der Waals surface area contributed by atoms with Gasteiger partial charge >= 0.3 is 5.97 Å². The third-order valence-electron chi connectivity index (χ3n) is 3.71. The van der Waals surface area contributed by atoms with Gasteiger partial charge in [0, 0.05) is 17.3 Å². The van der Waals surface area contributed by atoms with Crippen molar-refractivity contribution in [3.63, 3.8) is 0 Å². The molecule has 0 fully saturated rings. The first-order valence-electron chi connectivity index (χ1n) is 8.13. The fraction of sp³-hybridized carbons (Fsp3) is 0.263. The van der Waals surface area contributed by atoms with Crippen LogP contribution in [-0.2, 0) is 0 Å². The van der Waals surface area contributed by atoms with Crippen molar-refractivity contribution in [1.82, 2.24) is 10.3 Å². The van der Waals surface area contributed by atoms with E-state index in [1.54, 1.807) is 18.2 Å². The number of carboxylic acid groups (broad SMARTS) is 1. The molecule has 0 spiro atoms. The lowest BCUT2D eigenvalue weighted by molar-refractivity contribution is 0.0694. The molecular weight excluding hydrogens is 334 g/mol. The Labute approximate surface area is 151 Å². The van der Waals surface area contributed by atoms with Crippen LogP contribution in [0, 0.1) is 13.8 Å². The predicted molar refractivity (Wildman–Crippen MR) is 97.7 cm³/mol. The number of aromatic nitrogens is 1. The third-order valence-corrected chi connectivity index (χ3v) is 3.71. The molecule has 0 saturated heterocycles. The Bertz CT molecular complexity index is 875. The van der Waals surface area contributed by atoms with Crippen LogP contribution < -0.4 is 10.6 Å². The minimum Gasteiger partial charge on any atom is -0.478 e. The zero-order chi connectivity index (χ0) is 19.4. The van der Waals surface area contributed by atoms with Gasteiger partial charge in [-0.3, -0.25) is 9.59 Å². The summed E-state index contributed by atoms with van der Waals surface area (Å²) < 4.78 is 0. The van der Waals surface area contributed by atoms with Crippen LogP contribution in [0.1, 0.15) is 56.3 Å². The second-order valence-corrected chi connectivity index (χ2v) is 6.25. The SMILES string of the molecule is Cc1ccc(NC(=O)c2ccc(C(=O)O)c(C)n2)cc1C(=O)NC(C)C. The second-order valence-electron chi connectivity index (χ2n) is 6.25. The number of aryl methyl sites for hydroxylation is 2. The molecule has 0 radical (unpaired) electrons. The second kappa shape index (κ2) is 7.77. The van der Waals surface area contributed by atoms with Gasteiger partial charge in [-0.1, -0.05) is 6.07 Å². The summed E-state index contributed by atoms with van der Waals surface area (Å²) in [5.41, 5.74) is 2.12. The van der Waals surface area contributed by atoms with Gasteiger partial charge in [-0.05, 0) is 57.5 Å². The van der Waals surface area contributed by atoms with Crippen LogP contribution in [0.15, 0.2) is 30.3 Å². The highest BCUT2D eigenvalue weighted by molar-refractivity contribution is 6.04. The van der Waals surface area contributed by atoms with Gasteiger partial charge in [0.15, 0.2) is 0 Å². The lowest BCUT2D eigenvalue weighted by Gasteiger charge is -2.12. The fourth-order valence-corrected chi connectivity index (χ4v) is 2.39. The van der Waals surface area contributed by atoms with Crippen molar-refractivity contribution in [3.8, 4) is 0 Å². The number of nitrogens with zero attached hydrogens (tertiary/aromatic N) is 1. The number of benzene rings is 1.